The van der Waals surface area contributed by atoms with Crippen LogP contribution in [-0.4, -0.2) is 18.9 Å². The van der Waals surface area contributed by atoms with Crippen LogP contribution in [-0.2, 0) is 0 Å². The summed E-state index contributed by atoms with van der Waals surface area (Å²) < 4.78 is 5.60. The normalized spacial score (nSPS) is 13.5. The molecule has 0 aromatic heterocycles. The van der Waals surface area contributed by atoms with Gasteiger partial charge in [-0.3, -0.25) is 4.79 Å². The Hall–Kier alpha value is -1.51. The Bertz CT molecular complexity index is 401. The zero-order valence-corrected chi connectivity index (χ0v) is 10.3. The highest BCUT2D eigenvalue weighted by Crippen LogP contribution is 2.32. The van der Waals surface area contributed by atoms with Gasteiger partial charge in [0.2, 0.25) is 0 Å². The summed E-state index contributed by atoms with van der Waals surface area (Å²) in [5, 5.41) is 3.25. The van der Waals surface area contributed by atoms with Gasteiger partial charge in [0.05, 0.1) is 11.3 Å². The van der Waals surface area contributed by atoms with Gasteiger partial charge in [-0.05, 0) is 18.6 Å². The lowest BCUT2D eigenvalue weighted by Gasteiger charge is -2.21. The number of ketones is 1. The number of hydrogen-bond acceptors (Lipinski definition) is 3. The number of ether oxygens (including phenoxy) is 1. The third kappa shape index (κ3) is 2.78. The second-order valence-electron chi connectivity index (χ2n) is 4.34. The van der Waals surface area contributed by atoms with Crippen molar-refractivity contribution in [3.8, 4) is 5.75 Å². The number of hydrogen-bond donors (Lipinski definition) is 1. The molecule has 3 nitrogen and oxygen atoms in total. The van der Waals surface area contributed by atoms with E-state index in [1.165, 1.54) is 0 Å². The lowest BCUT2D eigenvalue weighted by Crippen LogP contribution is -2.20. The number of anilines is 1. The predicted octanol–water partition coefficient (Wildman–Crippen LogP) is 3.25. The third-order valence-electron chi connectivity index (χ3n) is 2.99. The van der Waals surface area contributed by atoms with Gasteiger partial charge in [0.25, 0.3) is 0 Å². The topological polar surface area (TPSA) is 38.3 Å². The van der Waals surface area contributed by atoms with Gasteiger partial charge in [0.1, 0.15) is 6.61 Å². The molecule has 0 atom stereocenters. The molecule has 17 heavy (non-hydrogen) atoms. The number of carbonyl (C=O) groups is 1. The Balaban J connectivity index is 2.12. The van der Waals surface area contributed by atoms with Gasteiger partial charge in [-0.2, -0.15) is 0 Å². The van der Waals surface area contributed by atoms with Crippen molar-refractivity contribution >= 4 is 11.5 Å². The molecule has 92 valence electrons. The first-order valence-corrected chi connectivity index (χ1v) is 6.36. The monoisotopic (exact) mass is 233 g/mol. The summed E-state index contributed by atoms with van der Waals surface area (Å²) in [7, 11) is 0. The van der Waals surface area contributed by atoms with E-state index in [1.807, 2.05) is 18.2 Å². The second kappa shape index (κ2) is 5.71. The summed E-state index contributed by atoms with van der Waals surface area (Å²) in [5.74, 6) is 0.930. The first kappa shape index (κ1) is 12.0. The zero-order valence-electron chi connectivity index (χ0n) is 10.3. The lowest BCUT2D eigenvalue weighted by molar-refractivity contribution is 0.0975. The van der Waals surface area contributed by atoms with Crippen molar-refractivity contribution in [2.45, 2.75) is 32.6 Å². The fourth-order valence-corrected chi connectivity index (χ4v) is 2.06. The van der Waals surface area contributed by atoms with Gasteiger partial charge in [-0.25, -0.2) is 0 Å². The van der Waals surface area contributed by atoms with Gasteiger partial charge in [-0.1, -0.05) is 25.8 Å². The number of nitrogens with one attached hydrogen (secondary N) is 1. The summed E-state index contributed by atoms with van der Waals surface area (Å²) in [6.45, 7) is 3.58. The first-order chi connectivity index (χ1) is 8.33. The summed E-state index contributed by atoms with van der Waals surface area (Å²) in [5.41, 5.74) is 1.67. The Morgan fingerprint density at radius 2 is 2.29 bits per heavy atom. The minimum Gasteiger partial charge on any atom is -0.489 e. The molecule has 1 aliphatic heterocycles. The van der Waals surface area contributed by atoms with Crippen LogP contribution in [0.1, 0.15) is 43.0 Å². The fourth-order valence-electron chi connectivity index (χ4n) is 2.06. The minimum atomic E-state index is 0.194. The first-order valence-electron chi connectivity index (χ1n) is 6.36. The van der Waals surface area contributed by atoms with Gasteiger partial charge in [0.15, 0.2) is 11.5 Å². The van der Waals surface area contributed by atoms with Crippen molar-refractivity contribution in [1.29, 1.82) is 0 Å². The van der Waals surface area contributed by atoms with E-state index in [0.717, 1.165) is 42.8 Å². The summed E-state index contributed by atoms with van der Waals surface area (Å²) in [6.07, 6.45) is 3.83. The predicted molar refractivity (Wildman–Crippen MR) is 68.9 cm³/mol. The van der Waals surface area contributed by atoms with E-state index in [4.69, 9.17) is 4.74 Å². The highest BCUT2D eigenvalue weighted by Gasteiger charge is 2.18. The van der Waals surface area contributed by atoms with E-state index in [2.05, 4.69) is 12.2 Å². The largest absolute Gasteiger partial charge is 0.489 e. The molecule has 0 aliphatic carbocycles. The molecular formula is C14H19NO2. The molecule has 1 aromatic carbocycles. The van der Waals surface area contributed by atoms with Crippen LogP contribution in [0.4, 0.5) is 5.69 Å². The molecule has 0 amide bonds. The van der Waals surface area contributed by atoms with E-state index >= 15 is 0 Å². The van der Waals surface area contributed by atoms with Gasteiger partial charge in [-0.15, -0.1) is 0 Å². The maximum Gasteiger partial charge on any atom is 0.166 e. The molecule has 1 heterocycles. The van der Waals surface area contributed by atoms with Crippen molar-refractivity contribution in [3.63, 3.8) is 0 Å². The summed E-state index contributed by atoms with van der Waals surface area (Å²) >= 11 is 0. The maximum atomic E-state index is 12.1. The van der Waals surface area contributed by atoms with Crippen LogP contribution in [0, 0.1) is 0 Å². The molecule has 1 N–H and O–H groups in total. The van der Waals surface area contributed by atoms with E-state index in [9.17, 15) is 4.79 Å². The van der Waals surface area contributed by atoms with Crippen LogP contribution < -0.4 is 10.1 Å². The fraction of sp³-hybridized carbons (Fsp3) is 0.500. The standard InChI is InChI=1S/C14H19NO2/c1-2-3-4-8-13(16)11-6-5-7-12-14(11)17-10-9-15-12/h5-7,15H,2-4,8-10H2,1H3. The quantitative estimate of drug-likeness (QED) is 0.626. The van der Waals surface area contributed by atoms with Crippen molar-refractivity contribution in [3.05, 3.63) is 23.8 Å². The highest BCUT2D eigenvalue weighted by atomic mass is 16.5. The van der Waals surface area contributed by atoms with Crippen molar-refractivity contribution in [2.24, 2.45) is 0 Å². The molecule has 1 aromatic rings. The number of benzene rings is 1. The number of fused-ring (bicyclic) bond motifs is 1. The lowest BCUT2D eigenvalue weighted by atomic mass is 10.0. The summed E-state index contributed by atoms with van der Waals surface area (Å²) in [6, 6.07) is 5.73. The van der Waals surface area contributed by atoms with Crippen LogP contribution in [0.2, 0.25) is 0 Å². The molecule has 1 aliphatic rings. The van der Waals surface area contributed by atoms with Crippen molar-refractivity contribution in [2.75, 3.05) is 18.5 Å². The van der Waals surface area contributed by atoms with Crippen LogP contribution in [0.5, 0.6) is 5.75 Å². The molecule has 0 saturated carbocycles. The van der Waals surface area contributed by atoms with Gasteiger partial charge < -0.3 is 10.1 Å². The van der Waals surface area contributed by atoms with Crippen LogP contribution in [0.15, 0.2) is 18.2 Å². The Kier molecular flexibility index (Phi) is 4.02. The molecule has 0 saturated heterocycles. The SMILES string of the molecule is CCCCCC(=O)c1cccc2c1OCCN2. The van der Waals surface area contributed by atoms with Crippen LogP contribution in [0.3, 0.4) is 0 Å². The highest BCUT2D eigenvalue weighted by molar-refractivity contribution is 6.00. The van der Waals surface area contributed by atoms with E-state index in [-0.39, 0.29) is 5.78 Å². The van der Waals surface area contributed by atoms with Crippen LogP contribution in [0.25, 0.3) is 0 Å². The summed E-state index contributed by atoms with van der Waals surface area (Å²) in [4.78, 5) is 12.1. The van der Waals surface area contributed by atoms with Gasteiger partial charge in [0, 0.05) is 13.0 Å². The smallest absolute Gasteiger partial charge is 0.166 e. The van der Waals surface area contributed by atoms with Crippen molar-refractivity contribution < 1.29 is 9.53 Å². The molecular weight excluding hydrogens is 214 g/mol. The van der Waals surface area contributed by atoms with Crippen molar-refractivity contribution in [1.82, 2.24) is 0 Å². The molecule has 2 rings (SSSR count). The van der Waals surface area contributed by atoms with Crippen LogP contribution >= 0.6 is 0 Å². The number of para-hydroxylation sites is 1. The molecule has 0 unspecified atom stereocenters. The third-order valence-corrected chi connectivity index (χ3v) is 2.99. The maximum absolute atomic E-state index is 12.1. The minimum absolute atomic E-state index is 0.194. The molecule has 0 fully saturated rings. The van der Waals surface area contributed by atoms with Gasteiger partial charge >= 0.3 is 0 Å². The average Bonchev–Trinajstić information content (AvgIpc) is 2.38. The number of rotatable bonds is 5. The van der Waals surface area contributed by atoms with E-state index < -0.39 is 0 Å². The molecule has 3 heteroatoms. The molecule has 0 radical (unpaired) electrons. The van der Waals surface area contributed by atoms with E-state index in [1.54, 1.807) is 0 Å². The Labute approximate surface area is 102 Å². The zero-order chi connectivity index (χ0) is 12.1. The number of unbranched alkanes of at least 4 members (excludes halogenated alkanes) is 2. The van der Waals surface area contributed by atoms with E-state index in [0.29, 0.717) is 13.0 Å². The Morgan fingerprint density at radius 1 is 1.41 bits per heavy atom. The Morgan fingerprint density at radius 3 is 3.12 bits per heavy atom. The average molecular weight is 233 g/mol. The second-order valence-corrected chi connectivity index (χ2v) is 4.34. The number of carbonyl (C=O) groups excluding carboxylic acids is 1. The number of Topliss-reactive ketones (excluding diaryl/α,β-unsaturated/α-hetero) is 1. The molecule has 0 bridgehead atoms. The molecule has 0 spiro atoms.